The van der Waals surface area contributed by atoms with E-state index in [1.54, 1.807) is 0 Å². The molecule has 5 nitrogen and oxygen atoms in total. The van der Waals surface area contributed by atoms with Gasteiger partial charge in [0.25, 0.3) is 0 Å². The van der Waals surface area contributed by atoms with Crippen LogP contribution in [-0.4, -0.2) is 43.4 Å². The summed E-state index contributed by atoms with van der Waals surface area (Å²) in [7, 11) is 3.00. The number of nitrogens with zero attached hydrogens (tertiary/aromatic N) is 2. The first kappa shape index (κ1) is 16.2. The molecular formula is C12H15F3N2O3. The highest BCUT2D eigenvalue weighted by molar-refractivity contribution is 5.93. The zero-order chi connectivity index (χ0) is 15.3. The smallest absolute Gasteiger partial charge is 0.433 e. The van der Waals surface area contributed by atoms with Crippen molar-refractivity contribution in [2.75, 3.05) is 32.2 Å². The number of carboxylic acids is 1. The van der Waals surface area contributed by atoms with E-state index in [1.807, 2.05) is 0 Å². The topological polar surface area (TPSA) is 62.7 Å². The van der Waals surface area contributed by atoms with Crippen molar-refractivity contribution in [1.29, 1.82) is 0 Å². The molecule has 0 aliphatic heterocycles. The minimum absolute atomic E-state index is 0.205. The summed E-state index contributed by atoms with van der Waals surface area (Å²) >= 11 is 0. The first-order valence-corrected chi connectivity index (χ1v) is 5.79. The van der Waals surface area contributed by atoms with Crippen LogP contribution in [0.2, 0.25) is 0 Å². The standard InChI is InChI=1S/C12H15F3N2O3/c1-17(6-3-7-20-2)10-8(11(18)19)4-5-9(16-10)12(13,14)15/h4-5H,3,6-7H2,1-2H3,(H,18,19). The normalized spacial score (nSPS) is 11.4. The second kappa shape index (κ2) is 6.56. The highest BCUT2D eigenvalue weighted by atomic mass is 19.4. The van der Waals surface area contributed by atoms with Crippen molar-refractivity contribution in [1.82, 2.24) is 4.98 Å². The number of ether oxygens (including phenoxy) is 1. The monoisotopic (exact) mass is 292 g/mol. The minimum atomic E-state index is -4.61. The van der Waals surface area contributed by atoms with E-state index < -0.39 is 17.8 Å². The molecule has 1 N–H and O–H groups in total. The summed E-state index contributed by atoms with van der Waals surface area (Å²) in [6, 6.07) is 1.58. The maximum Gasteiger partial charge on any atom is 0.433 e. The highest BCUT2D eigenvalue weighted by Gasteiger charge is 2.34. The lowest BCUT2D eigenvalue weighted by Crippen LogP contribution is -2.25. The Labute approximate surface area is 114 Å². The van der Waals surface area contributed by atoms with Crippen LogP contribution in [0.5, 0.6) is 0 Å². The van der Waals surface area contributed by atoms with Crippen LogP contribution in [0.3, 0.4) is 0 Å². The quantitative estimate of drug-likeness (QED) is 0.815. The maximum atomic E-state index is 12.6. The molecule has 0 radical (unpaired) electrons. The number of aromatic nitrogens is 1. The summed E-state index contributed by atoms with van der Waals surface area (Å²) in [6.45, 7) is 0.758. The fourth-order valence-corrected chi connectivity index (χ4v) is 1.62. The lowest BCUT2D eigenvalue weighted by molar-refractivity contribution is -0.141. The van der Waals surface area contributed by atoms with Crippen LogP contribution in [0.25, 0.3) is 0 Å². The van der Waals surface area contributed by atoms with Gasteiger partial charge < -0.3 is 14.7 Å². The van der Waals surface area contributed by atoms with E-state index in [-0.39, 0.29) is 11.4 Å². The van der Waals surface area contributed by atoms with E-state index in [0.29, 0.717) is 25.6 Å². The van der Waals surface area contributed by atoms with E-state index in [2.05, 4.69) is 4.98 Å². The molecule has 0 saturated heterocycles. The van der Waals surface area contributed by atoms with E-state index >= 15 is 0 Å². The second-order valence-electron chi connectivity index (χ2n) is 4.14. The number of halogens is 3. The molecule has 112 valence electrons. The highest BCUT2D eigenvalue weighted by Crippen LogP contribution is 2.30. The van der Waals surface area contributed by atoms with E-state index in [0.717, 1.165) is 6.07 Å². The zero-order valence-corrected chi connectivity index (χ0v) is 11.1. The van der Waals surface area contributed by atoms with Gasteiger partial charge in [-0.2, -0.15) is 13.2 Å². The second-order valence-corrected chi connectivity index (χ2v) is 4.14. The third-order valence-electron chi connectivity index (χ3n) is 2.60. The molecule has 0 fully saturated rings. The number of alkyl halides is 3. The fourth-order valence-electron chi connectivity index (χ4n) is 1.62. The number of hydrogen-bond acceptors (Lipinski definition) is 4. The van der Waals surface area contributed by atoms with Gasteiger partial charge in [-0.15, -0.1) is 0 Å². The third-order valence-corrected chi connectivity index (χ3v) is 2.60. The molecule has 0 aliphatic carbocycles. The number of carboxylic acid groups (broad SMARTS) is 1. The van der Waals surface area contributed by atoms with Crippen molar-refractivity contribution in [3.05, 3.63) is 23.4 Å². The molecule has 8 heteroatoms. The summed E-state index contributed by atoms with van der Waals surface area (Å²) in [5.41, 5.74) is -1.38. The molecule has 1 aromatic heterocycles. The van der Waals surface area contributed by atoms with Gasteiger partial charge in [0.15, 0.2) is 0 Å². The van der Waals surface area contributed by atoms with Gasteiger partial charge in [-0.25, -0.2) is 9.78 Å². The van der Waals surface area contributed by atoms with E-state index in [4.69, 9.17) is 9.84 Å². The molecule has 0 saturated carbocycles. The molecule has 0 atom stereocenters. The molecular weight excluding hydrogens is 277 g/mol. The Bertz CT molecular complexity index is 478. The average molecular weight is 292 g/mol. The first-order chi connectivity index (χ1) is 9.27. The van der Waals surface area contributed by atoms with Gasteiger partial charge in [0, 0.05) is 27.3 Å². The number of pyridine rings is 1. The van der Waals surface area contributed by atoms with Gasteiger partial charge >= 0.3 is 12.1 Å². The summed E-state index contributed by atoms with van der Waals surface area (Å²) < 4.78 is 42.7. The van der Waals surface area contributed by atoms with Crippen LogP contribution >= 0.6 is 0 Å². The van der Waals surface area contributed by atoms with Crippen LogP contribution in [0.1, 0.15) is 22.5 Å². The van der Waals surface area contributed by atoms with Crippen LogP contribution in [0.15, 0.2) is 12.1 Å². The number of methoxy groups -OCH3 is 1. The molecule has 0 bridgehead atoms. The Morgan fingerprint density at radius 2 is 2.10 bits per heavy atom. The lowest BCUT2D eigenvalue weighted by Gasteiger charge is -2.21. The van der Waals surface area contributed by atoms with Gasteiger partial charge in [-0.1, -0.05) is 0 Å². The lowest BCUT2D eigenvalue weighted by atomic mass is 10.2. The average Bonchev–Trinajstić information content (AvgIpc) is 2.37. The van der Waals surface area contributed by atoms with Gasteiger partial charge in [0.05, 0.1) is 0 Å². The van der Waals surface area contributed by atoms with Crippen molar-refractivity contribution >= 4 is 11.8 Å². The predicted octanol–water partition coefficient (Wildman–Crippen LogP) is 2.27. The molecule has 1 rings (SSSR count). The SMILES string of the molecule is COCCCN(C)c1nc(C(F)(F)F)ccc1C(=O)O. The minimum Gasteiger partial charge on any atom is -0.478 e. The molecule has 0 amide bonds. The fraction of sp³-hybridized carbons (Fsp3) is 0.500. The molecule has 1 aromatic rings. The van der Waals surface area contributed by atoms with Crippen LogP contribution in [0.4, 0.5) is 19.0 Å². The number of carbonyl (C=O) groups is 1. The van der Waals surface area contributed by atoms with Crippen LogP contribution < -0.4 is 4.90 Å². The van der Waals surface area contributed by atoms with E-state index in [1.165, 1.54) is 19.1 Å². The van der Waals surface area contributed by atoms with E-state index in [9.17, 15) is 18.0 Å². The largest absolute Gasteiger partial charge is 0.478 e. The summed E-state index contributed by atoms with van der Waals surface area (Å²) in [6.07, 6.45) is -4.07. The summed E-state index contributed by atoms with van der Waals surface area (Å²) in [5, 5.41) is 9.01. The van der Waals surface area contributed by atoms with Crippen molar-refractivity contribution in [3.8, 4) is 0 Å². The van der Waals surface area contributed by atoms with Crippen LogP contribution in [0, 0.1) is 0 Å². The van der Waals surface area contributed by atoms with Crippen molar-refractivity contribution < 1.29 is 27.8 Å². The Balaban J connectivity index is 3.08. The van der Waals surface area contributed by atoms with Gasteiger partial charge in [-0.05, 0) is 18.6 Å². The van der Waals surface area contributed by atoms with Gasteiger partial charge in [-0.3, -0.25) is 0 Å². The van der Waals surface area contributed by atoms with Crippen molar-refractivity contribution in [3.63, 3.8) is 0 Å². The Morgan fingerprint density at radius 1 is 1.45 bits per heavy atom. The predicted molar refractivity (Wildman–Crippen MR) is 66.0 cm³/mol. The van der Waals surface area contributed by atoms with Gasteiger partial charge in [0.1, 0.15) is 17.1 Å². The number of anilines is 1. The molecule has 0 unspecified atom stereocenters. The molecule has 1 heterocycles. The summed E-state index contributed by atoms with van der Waals surface area (Å²) in [4.78, 5) is 15.8. The molecule has 0 aliphatic rings. The molecule has 0 aromatic carbocycles. The number of rotatable bonds is 6. The third kappa shape index (κ3) is 4.09. The number of aromatic carboxylic acids is 1. The van der Waals surface area contributed by atoms with Gasteiger partial charge in [0.2, 0.25) is 0 Å². The Kier molecular flexibility index (Phi) is 5.32. The Hall–Kier alpha value is -1.83. The number of hydrogen-bond donors (Lipinski definition) is 1. The van der Waals surface area contributed by atoms with Crippen molar-refractivity contribution in [2.45, 2.75) is 12.6 Å². The Morgan fingerprint density at radius 3 is 2.60 bits per heavy atom. The van der Waals surface area contributed by atoms with Crippen LogP contribution in [-0.2, 0) is 10.9 Å². The zero-order valence-electron chi connectivity index (χ0n) is 11.1. The molecule has 20 heavy (non-hydrogen) atoms. The summed E-state index contributed by atoms with van der Waals surface area (Å²) in [5.74, 6) is -1.52. The first-order valence-electron chi connectivity index (χ1n) is 5.79. The maximum absolute atomic E-state index is 12.6. The van der Waals surface area contributed by atoms with Crippen molar-refractivity contribution in [2.24, 2.45) is 0 Å². The molecule has 0 spiro atoms.